The lowest BCUT2D eigenvalue weighted by Crippen LogP contribution is -2.61. The molecule has 0 heterocycles. The lowest BCUT2D eigenvalue weighted by Gasteiger charge is -2.33. The molecule has 2 aromatic rings. The largest absolute Gasteiger partial charge is 0.500 e. The third-order valence-corrected chi connectivity index (χ3v) is 10.5. The Bertz CT molecular complexity index is 1320. The van der Waals surface area contributed by atoms with Gasteiger partial charge in [0.05, 0.1) is 13.0 Å². The highest BCUT2D eigenvalue weighted by Gasteiger charge is 2.81. The molecule has 0 atom stereocenters. The van der Waals surface area contributed by atoms with Crippen LogP contribution in [0.2, 0.25) is 6.04 Å². The quantitative estimate of drug-likeness (QED) is 0.0563. The average molecular weight is 733 g/mol. The van der Waals surface area contributed by atoms with Gasteiger partial charge in [-0.2, -0.15) is 39.5 Å². The summed E-state index contributed by atoms with van der Waals surface area (Å²) in [5.41, 5.74) is 2.15. The van der Waals surface area contributed by atoms with E-state index >= 15 is 0 Å². The molecule has 0 aliphatic carbocycles. The molecular weight excluding hydrogens is 691 g/mol. The van der Waals surface area contributed by atoms with Crippen LogP contribution in [0.1, 0.15) is 64.9 Å². The van der Waals surface area contributed by atoms with Gasteiger partial charge in [-0.15, -0.1) is 0 Å². The van der Waals surface area contributed by atoms with Gasteiger partial charge in [0.15, 0.2) is 0 Å². The van der Waals surface area contributed by atoms with Crippen LogP contribution in [-0.2, 0) is 18.1 Å². The smallest absolute Gasteiger partial charge is 0.493 e. The first-order valence-corrected chi connectivity index (χ1v) is 17.7. The van der Waals surface area contributed by atoms with E-state index in [-0.39, 0.29) is 11.3 Å². The van der Waals surface area contributed by atoms with Crippen LogP contribution in [0, 0.1) is 0 Å². The summed E-state index contributed by atoms with van der Waals surface area (Å²) in [6, 6.07) is 13.0. The van der Waals surface area contributed by atoms with Gasteiger partial charge in [-0.1, -0.05) is 49.2 Å². The van der Waals surface area contributed by atoms with Crippen LogP contribution >= 0.6 is 0 Å². The molecule has 49 heavy (non-hydrogen) atoms. The lowest BCUT2D eigenvalue weighted by atomic mass is 10.0. The van der Waals surface area contributed by atoms with Gasteiger partial charge in [-0.3, -0.25) is 0 Å². The zero-order chi connectivity index (χ0) is 36.9. The molecule has 16 heteroatoms. The fourth-order valence-electron chi connectivity index (χ4n) is 4.83. The van der Waals surface area contributed by atoms with E-state index in [9.17, 15) is 49.4 Å². The molecule has 0 spiro atoms. The molecule has 0 fully saturated rings. The number of carboxylic acids is 1. The summed E-state index contributed by atoms with van der Waals surface area (Å²) in [6.07, 6.45) is -3.88. The van der Waals surface area contributed by atoms with Gasteiger partial charge in [0.25, 0.3) is 0 Å². The highest BCUT2D eigenvalue weighted by molar-refractivity contribution is 6.60. The number of halogens is 9. The minimum absolute atomic E-state index is 0.115. The summed E-state index contributed by atoms with van der Waals surface area (Å²) in [4.78, 5) is 11.9. The minimum atomic E-state index is -6.94. The second-order valence-corrected chi connectivity index (χ2v) is 13.7. The summed E-state index contributed by atoms with van der Waals surface area (Å²) >= 11 is 0. The molecule has 0 radical (unpaired) electrons. The second kappa shape index (κ2) is 18.2. The molecule has 6 nitrogen and oxygen atoms in total. The Morgan fingerprint density at radius 3 is 1.67 bits per heavy atom. The Morgan fingerprint density at radius 2 is 1.20 bits per heavy atom. The molecule has 0 saturated carbocycles. The molecule has 0 saturated heterocycles. The zero-order valence-electron chi connectivity index (χ0n) is 27.4. The van der Waals surface area contributed by atoms with Crippen LogP contribution in [0.15, 0.2) is 54.1 Å². The molecule has 0 aromatic heterocycles. The van der Waals surface area contributed by atoms with E-state index in [0.29, 0.717) is 55.4 Å². The SMILES string of the molecule is CCO[Si](CCCCCC/C(=C\c1ccc(-c2ccc(OCCC(F)(F)C(F)(F)C(F)(F)C(F)(F)F)cc2)cc1)C(=O)O)(OCC)OCC. The van der Waals surface area contributed by atoms with Gasteiger partial charge in [-0.05, 0) is 74.9 Å². The molecule has 2 aromatic carbocycles. The number of hydrogen-bond acceptors (Lipinski definition) is 5. The van der Waals surface area contributed by atoms with Crippen molar-refractivity contribution in [2.75, 3.05) is 26.4 Å². The third kappa shape index (κ3) is 11.5. The Morgan fingerprint density at radius 1 is 0.714 bits per heavy atom. The fraction of sp³-hybridized carbons (Fsp3) is 0.545. The molecule has 0 unspecified atom stereocenters. The van der Waals surface area contributed by atoms with Crippen molar-refractivity contribution in [1.82, 2.24) is 0 Å². The van der Waals surface area contributed by atoms with Crippen molar-refractivity contribution in [2.45, 2.75) is 89.3 Å². The van der Waals surface area contributed by atoms with E-state index in [1.807, 2.05) is 20.8 Å². The number of alkyl halides is 9. The minimum Gasteiger partial charge on any atom is -0.493 e. The fourth-order valence-corrected chi connectivity index (χ4v) is 7.52. The van der Waals surface area contributed by atoms with Gasteiger partial charge >= 0.3 is 38.7 Å². The van der Waals surface area contributed by atoms with Crippen molar-refractivity contribution in [1.29, 1.82) is 0 Å². The van der Waals surface area contributed by atoms with E-state index in [4.69, 9.17) is 18.0 Å². The van der Waals surface area contributed by atoms with Crippen molar-refractivity contribution in [2.24, 2.45) is 0 Å². The summed E-state index contributed by atoms with van der Waals surface area (Å²) in [5.74, 6) is -20.5. The van der Waals surface area contributed by atoms with Crippen LogP contribution in [-0.4, -0.2) is 70.3 Å². The molecule has 0 aliphatic heterocycles. The Labute approximate surface area is 280 Å². The van der Waals surface area contributed by atoms with Gasteiger partial charge in [0, 0.05) is 31.4 Å². The van der Waals surface area contributed by atoms with E-state index in [0.717, 1.165) is 19.3 Å². The van der Waals surface area contributed by atoms with Crippen LogP contribution in [0.3, 0.4) is 0 Å². The normalized spacial score (nSPS) is 13.5. The Hall–Kier alpha value is -3.08. The maximum atomic E-state index is 13.7. The van der Waals surface area contributed by atoms with Crippen molar-refractivity contribution in [3.8, 4) is 16.9 Å². The number of unbranched alkanes of at least 4 members (excludes halogenated alkanes) is 3. The Balaban J connectivity index is 1.93. The highest BCUT2D eigenvalue weighted by Crippen LogP contribution is 2.54. The summed E-state index contributed by atoms with van der Waals surface area (Å²) < 4.78 is 140. The first-order chi connectivity index (χ1) is 22.9. The van der Waals surface area contributed by atoms with Gasteiger partial charge < -0.3 is 23.1 Å². The number of carbonyl (C=O) groups is 1. The van der Waals surface area contributed by atoms with Crippen LogP contribution in [0.5, 0.6) is 5.75 Å². The van der Waals surface area contributed by atoms with Crippen molar-refractivity contribution < 1.29 is 67.4 Å². The standard InChI is InChI=1S/C33H41F9O6Si/c1-4-46-49(47-5-2,48-6-3)22-10-8-7-9-11-27(29(43)44)23-24-12-14-25(15-13-24)26-16-18-28(19-17-26)45-21-20-30(34,35)31(36,37)32(38,39)33(40,41)42/h12-19,23H,4-11,20-22H2,1-3H3,(H,43,44)/b27-23+. The lowest BCUT2D eigenvalue weighted by molar-refractivity contribution is -0.397. The predicted octanol–water partition coefficient (Wildman–Crippen LogP) is 10.1. The first-order valence-electron chi connectivity index (χ1n) is 15.8. The highest BCUT2D eigenvalue weighted by atomic mass is 28.4. The molecule has 1 N–H and O–H groups in total. The number of benzene rings is 2. The maximum absolute atomic E-state index is 13.7. The van der Waals surface area contributed by atoms with E-state index in [1.54, 1.807) is 30.3 Å². The summed E-state index contributed by atoms with van der Waals surface area (Å²) in [7, 11) is -2.72. The molecule has 0 aliphatic rings. The summed E-state index contributed by atoms with van der Waals surface area (Å²) in [5, 5.41) is 9.71. The predicted molar refractivity (Wildman–Crippen MR) is 167 cm³/mol. The average Bonchev–Trinajstić information content (AvgIpc) is 3.02. The van der Waals surface area contributed by atoms with Crippen LogP contribution < -0.4 is 4.74 Å². The van der Waals surface area contributed by atoms with Crippen molar-refractivity contribution in [3.63, 3.8) is 0 Å². The van der Waals surface area contributed by atoms with Gasteiger partial charge in [-0.25, -0.2) is 4.79 Å². The number of rotatable bonds is 22. The molecule has 2 rings (SSSR count). The topological polar surface area (TPSA) is 74.2 Å². The van der Waals surface area contributed by atoms with Crippen molar-refractivity contribution in [3.05, 3.63) is 59.7 Å². The Kier molecular flexibility index (Phi) is 15.7. The van der Waals surface area contributed by atoms with Crippen LogP contribution in [0.4, 0.5) is 39.5 Å². The zero-order valence-corrected chi connectivity index (χ0v) is 28.4. The number of carboxylic acid groups (broad SMARTS) is 1. The molecule has 0 bridgehead atoms. The molecular formula is C33H41F9O6Si. The number of aliphatic carboxylic acids is 1. The van der Waals surface area contributed by atoms with Gasteiger partial charge in [0.2, 0.25) is 0 Å². The monoisotopic (exact) mass is 732 g/mol. The van der Waals surface area contributed by atoms with Gasteiger partial charge in [0.1, 0.15) is 5.75 Å². The summed E-state index contributed by atoms with van der Waals surface area (Å²) in [6.45, 7) is 5.91. The number of hydrogen-bond donors (Lipinski definition) is 1. The number of ether oxygens (including phenoxy) is 1. The maximum Gasteiger partial charge on any atom is 0.500 e. The third-order valence-electron chi connectivity index (χ3n) is 7.38. The van der Waals surface area contributed by atoms with Crippen molar-refractivity contribution >= 4 is 20.8 Å². The molecule has 276 valence electrons. The second-order valence-electron chi connectivity index (χ2n) is 11.0. The van der Waals surface area contributed by atoms with E-state index in [2.05, 4.69) is 0 Å². The van der Waals surface area contributed by atoms with Crippen LogP contribution in [0.25, 0.3) is 17.2 Å². The van der Waals surface area contributed by atoms with E-state index in [1.165, 1.54) is 24.3 Å². The molecule has 0 amide bonds. The van der Waals surface area contributed by atoms with E-state index < -0.39 is 51.7 Å². The first kappa shape index (κ1) is 42.1.